The molecule has 1 aromatic carbocycles. The first-order valence-corrected chi connectivity index (χ1v) is 6.56. The van der Waals surface area contributed by atoms with Crippen molar-refractivity contribution in [2.45, 2.75) is 13.8 Å². The Kier molecular flexibility index (Phi) is 4.08. The summed E-state index contributed by atoms with van der Waals surface area (Å²) in [6.07, 6.45) is 0. The highest BCUT2D eigenvalue weighted by molar-refractivity contribution is 5.93. The molecule has 2 aromatic rings. The molecule has 0 aliphatic carbocycles. The van der Waals surface area contributed by atoms with Crippen LogP contribution < -0.4 is 10.5 Å². The Morgan fingerprint density at radius 3 is 2.60 bits per heavy atom. The molecule has 0 aliphatic rings. The van der Waals surface area contributed by atoms with Crippen LogP contribution in [0.2, 0.25) is 0 Å². The highest BCUT2D eigenvalue weighted by Gasteiger charge is 2.12. The van der Waals surface area contributed by atoms with Crippen molar-refractivity contribution in [3.05, 3.63) is 35.4 Å². The van der Waals surface area contributed by atoms with Crippen molar-refractivity contribution in [1.29, 1.82) is 5.41 Å². The number of benzene rings is 1. The predicted octanol–water partition coefficient (Wildman–Crippen LogP) is 2.55. The van der Waals surface area contributed by atoms with Crippen molar-refractivity contribution >= 4 is 22.6 Å². The molecule has 0 saturated heterocycles. The Balaban J connectivity index is 2.55. The molecule has 0 bridgehead atoms. The smallest absolute Gasteiger partial charge is 0.343 e. The van der Waals surface area contributed by atoms with Gasteiger partial charge in [0.05, 0.1) is 7.11 Å². The maximum atomic E-state index is 11.5. The molecule has 0 saturated carbocycles. The summed E-state index contributed by atoms with van der Waals surface area (Å²) >= 11 is 0. The standard InChI is InChI=1S/C15H18N2O3/c1-4-17(5-2)11-7-6-10-8-12(15(18)19-3)14(16)20-13(10)9-11/h6-9,16H,4-5H2,1-3H3. The summed E-state index contributed by atoms with van der Waals surface area (Å²) in [5.74, 6) is -0.562. The van der Waals surface area contributed by atoms with Crippen LogP contribution in [0.5, 0.6) is 0 Å². The third-order valence-corrected chi connectivity index (χ3v) is 3.29. The van der Waals surface area contributed by atoms with Gasteiger partial charge in [0.2, 0.25) is 5.55 Å². The normalized spacial score (nSPS) is 10.6. The number of ether oxygens (including phenoxy) is 1. The monoisotopic (exact) mass is 274 g/mol. The number of rotatable bonds is 4. The van der Waals surface area contributed by atoms with Gasteiger partial charge in [-0.15, -0.1) is 0 Å². The number of carbonyl (C=O) groups excluding carboxylic acids is 1. The largest absolute Gasteiger partial charge is 0.465 e. The summed E-state index contributed by atoms with van der Waals surface area (Å²) in [5, 5.41) is 8.55. The number of methoxy groups -OCH3 is 1. The summed E-state index contributed by atoms with van der Waals surface area (Å²) in [6, 6.07) is 7.38. The lowest BCUT2D eigenvalue weighted by molar-refractivity contribution is 0.0595. The summed E-state index contributed by atoms with van der Waals surface area (Å²) in [7, 11) is 1.29. The van der Waals surface area contributed by atoms with Crippen LogP contribution >= 0.6 is 0 Å². The van der Waals surface area contributed by atoms with Crippen LogP contribution in [0.25, 0.3) is 11.0 Å². The number of esters is 1. The van der Waals surface area contributed by atoms with Gasteiger partial charge in [-0.2, -0.15) is 0 Å². The van der Waals surface area contributed by atoms with Crippen molar-refractivity contribution in [3.8, 4) is 0 Å². The fourth-order valence-electron chi connectivity index (χ4n) is 2.16. The Morgan fingerprint density at radius 2 is 2.00 bits per heavy atom. The van der Waals surface area contributed by atoms with E-state index in [9.17, 15) is 4.79 Å². The fourth-order valence-corrected chi connectivity index (χ4v) is 2.16. The molecular formula is C15H18N2O3. The molecule has 0 atom stereocenters. The van der Waals surface area contributed by atoms with E-state index in [2.05, 4.69) is 23.5 Å². The number of carbonyl (C=O) groups is 1. The van der Waals surface area contributed by atoms with Crippen molar-refractivity contribution in [2.24, 2.45) is 0 Å². The molecule has 0 amide bonds. The minimum absolute atomic E-state index is 0.135. The zero-order valence-corrected chi connectivity index (χ0v) is 11.9. The summed E-state index contributed by atoms with van der Waals surface area (Å²) in [6.45, 7) is 5.97. The van der Waals surface area contributed by atoms with Crippen molar-refractivity contribution in [2.75, 3.05) is 25.1 Å². The molecule has 2 rings (SSSR count). The molecule has 0 aliphatic heterocycles. The van der Waals surface area contributed by atoms with Crippen molar-refractivity contribution < 1.29 is 13.9 Å². The summed E-state index contributed by atoms with van der Waals surface area (Å²) < 4.78 is 10.1. The summed E-state index contributed by atoms with van der Waals surface area (Å²) in [4.78, 5) is 13.7. The second-order valence-electron chi connectivity index (χ2n) is 4.38. The zero-order valence-electron chi connectivity index (χ0n) is 11.9. The van der Waals surface area contributed by atoms with Crippen LogP contribution in [-0.4, -0.2) is 26.2 Å². The molecule has 5 nitrogen and oxygen atoms in total. The van der Waals surface area contributed by atoms with E-state index in [-0.39, 0.29) is 11.1 Å². The number of nitrogens with zero attached hydrogens (tertiary/aromatic N) is 1. The Labute approximate surface area is 117 Å². The average Bonchev–Trinajstić information content (AvgIpc) is 2.47. The third kappa shape index (κ3) is 2.52. The minimum Gasteiger partial charge on any atom is -0.465 e. The van der Waals surface area contributed by atoms with E-state index < -0.39 is 5.97 Å². The Bertz CT molecular complexity index is 687. The number of anilines is 1. The molecule has 5 heteroatoms. The summed E-state index contributed by atoms with van der Waals surface area (Å²) in [5.41, 5.74) is 1.58. The average molecular weight is 274 g/mol. The lowest BCUT2D eigenvalue weighted by Gasteiger charge is -2.21. The zero-order chi connectivity index (χ0) is 14.7. The molecule has 0 fully saturated rings. The second kappa shape index (κ2) is 5.77. The Morgan fingerprint density at radius 1 is 1.30 bits per heavy atom. The van der Waals surface area contributed by atoms with Crippen LogP contribution in [0.4, 0.5) is 5.69 Å². The van der Waals surface area contributed by atoms with E-state index in [1.807, 2.05) is 18.2 Å². The lowest BCUT2D eigenvalue weighted by atomic mass is 10.1. The number of nitrogens with one attached hydrogen (secondary N) is 1. The first-order chi connectivity index (χ1) is 9.60. The molecular weight excluding hydrogens is 256 g/mol. The van der Waals surface area contributed by atoms with E-state index in [1.54, 1.807) is 6.07 Å². The van der Waals surface area contributed by atoms with Gasteiger partial charge in [-0.3, -0.25) is 5.41 Å². The highest BCUT2D eigenvalue weighted by atomic mass is 16.5. The van der Waals surface area contributed by atoms with E-state index in [4.69, 9.17) is 9.83 Å². The van der Waals surface area contributed by atoms with Crippen molar-refractivity contribution in [3.63, 3.8) is 0 Å². The van der Waals surface area contributed by atoms with E-state index in [0.717, 1.165) is 24.2 Å². The topological polar surface area (TPSA) is 66.5 Å². The third-order valence-electron chi connectivity index (χ3n) is 3.29. The lowest BCUT2D eigenvalue weighted by Crippen LogP contribution is -2.21. The van der Waals surface area contributed by atoms with Crippen LogP contribution in [0, 0.1) is 5.41 Å². The molecule has 0 spiro atoms. The molecule has 20 heavy (non-hydrogen) atoms. The van der Waals surface area contributed by atoms with Gasteiger partial charge in [0.1, 0.15) is 11.1 Å². The van der Waals surface area contributed by atoms with E-state index in [0.29, 0.717) is 5.58 Å². The predicted molar refractivity (Wildman–Crippen MR) is 77.0 cm³/mol. The minimum atomic E-state index is -0.562. The van der Waals surface area contributed by atoms with E-state index in [1.165, 1.54) is 7.11 Å². The Hall–Kier alpha value is -2.30. The molecule has 1 aromatic heterocycles. The maximum absolute atomic E-state index is 11.5. The maximum Gasteiger partial charge on any atom is 0.343 e. The van der Waals surface area contributed by atoms with Gasteiger partial charge in [-0.25, -0.2) is 4.79 Å². The van der Waals surface area contributed by atoms with Gasteiger partial charge in [0, 0.05) is 30.2 Å². The molecule has 0 radical (unpaired) electrons. The van der Waals surface area contributed by atoms with Gasteiger partial charge in [-0.05, 0) is 32.0 Å². The van der Waals surface area contributed by atoms with Gasteiger partial charge in [-0.1, -0.05) is 0 Å². The van der Waals surface area contributed by atoms with Crippen LogP contribution in [0.1, 0.15) is 24.2 Å². The van der Waals surface area contributed by atoms with Gasteiger partial charge >= 0.3 is 5.97 Å². The first kappa shape index (κ1) is 14.1. The van der Waals surface area contributed by atoms with Crippen LogP contribution in [0.3, 0.4) is 0 Å². The number of fused-ring (bicyclic) bond motifs is 1. The quantitative estimate of drug-likeness (QED) is 0.870. The van der Waals surface area contributed by atoms with Gasteiger partial charge in [0.25, 0.3) is 0 Å². The molecule has 1 heterocycles. The molecule has 0 unspecified atom stereocenters. The number of hydrogen-bond donors (Lipinski definition) is 1. The van der Waals surface area contributed by atoms with Crippen molar-refractivity contribution in [1.82, 2.24) is 0 Å². The number of hydrogen-bond acceptors (Lipinski definition) is 5. The van der Waals surface area contributed by atoms with Crippen LogP contribution in [-0.2, 0) is 4.74 Å². The van der Waals surface area contributed by atoms with Gasteiger partial charge in [0.15, 0.2) is 0 Å². The second-order valence-corrected chi connectivity index (χ2v) is 4.38. The van der Waals surface area contributed by atoms with Gasteiger partial charge < -0.3 is 14.1 Å². The molecule has 106 valence electrons. The van der Waals surface area contributed by atoms with Crippen LogP contribution in [0.15, 0.2) is 28.7 Å². The SMILES string of the molecule is CCN(CC)c1ccc2cc(C(=O)OC)c(=N)oc2c1. The first-order valence-electron chi connectivity index (χ1n) is 6.56. The van der Waals surface area contributed by atoms with E-state index >= 15 is 0 Å². The fraction of sp³-hybridized carbons (Fsp3) is 0.333. The highest BCUT2D eigenvalue weighted by Crippen LogP contribution is 2.22. The molecule has 1 N–H and O–H groups in total.